The zero-order valence-corrected chi connectivity index (χ0v) is 9.76. The number of rotatable bonds is 3. The lowest BCUT2D eigenvalue weighted by atomic mass is 9.94. The molecule has 0 heterocycles. The molecular weight excluding hydrogens is 221 g/mol. The van der Waals surface area contributed by atoms with Crippen molar-refractivity contribution in [2.75, 3.05) is 0 Å². The van der Waals surface area contributed by atoms with Gasteiger partial charge in [0, 0.05) is 11.1 Å². The van der Waals surface area contributed by atoms with Crippen LogP contribution in [0.15, 0.2) is 48.5 Å². The summed E-state index contributed by atoms with van der Waals surface area (Å²) in [5, 5.41) is 8.70. The van der Waals surface area contributed by atoms with E-state index in [1.807, 2.05) is 18.2 Å². The topological polar surface area (TPSA) is 40.9 Å². The van der Waals surface area contributed by atoms with E-state index >= 15 is 0 Å². The molecule has 0 saturated carbocycles. The number of hydrogen-bond acceptors (Lipinski definition) is 2. The Morgan fingerprint density at radius 1 is 1.00 bits per heavy atom. The Labute approximate surface area is 107 Å². The zero-order valence-electron chi connectivity index (χ0n) is 9.76. The molecule has 0 unspecified atom stereocenters. The normalized spacial score (nSPS) is 9.72. The van der Waals surface area contributed by atoms with E-state index < -0.39 is 0 Å². The number of hydrogen-bond donors (Lipinski definition) is 0. The van der Waals surface area contributed by atoms with Crippen LogP contribution >= 0.6 is 0 Å². The van der Waals surface area contributed by atoms with Gasteiger partial charge >= 0.3 is 0 Å². The van der Waals surface area contributed by atoms with Gasteiger partial charge in [0.2, 0.25) is 0 Å². The van der Waals surface area contributed by atoms with Crippen molar-refractivity contribution in [3.05, 3.63) is 70.8 Å². The third-order valence-corrected chi connectivity index (χ3v) is 2.73. The number of ketones is 1. The summed E-state index contributed by atoms with van der Waals surface area (Å²) in [6.45, 7) is 0. The molecule has 2 aromatic rings. The van der Waals surface area contributed by atoms with Crippen molar-refractivity contribution in [1.82, 2.24) is 0 Å². The Balaban J connectivity index is 2.26. The quantitative estimate of drug-likeness (QED) is 0.601. The largest absolute Gasteiger partial charge is 0.289 e. The predicted molar refractivity (Wildman–Crippen MR) is 70.5 cm³/mol. The Morgan fingerprint density at radius 3 is 1.94 bits per heavy atom. The van der Waals surface area contributed by atoms with Gasteiger partial charge in [-0.15, -0.1) is 0 Å². The Hall–Kier alpha value is -2.34. The molecule has 3 heteroatoms. The summed E-state index contributed by atoms with van der Waals surface area (Å²) < 4.78 is 0. The van der Waals surface area contributed by atoms with Crippen LogP contribution in [0.25, 0.3) is 0 Å². The minimum absolute atomic E-state index is 0.0527. The maximum atomic E-state index is 12.1. The predicted octanol–water partition coefficient (Wildman–Crippen LogP) is 2.46. The van der Waals surface area contributed by atoms with E-state index in [9.17, 15) is 4.79 Å². The molecular formula is C15H10BNO. The van der Waals surface area contributed by atoms with Crippen LogP contribution in [0.5, 0.6) is 0 Å². The van der Waals surface area contributed by atoms with E-state index in [1.165, 1.54) is 0 Å². The number of benzene rings is 2. The maximum Gasteiger partial charge on any atom is 0.193 e. The van der Waals surface area contributed by atoms with Gasteiger partial charge in [0.15, 0.2) is 5.78 Å². The Kier molecular flexibility index (Phi) is 3.59. The van der Waals surface area contributed by atoms with Gasteiger partial charge in [-0.2, -0.15) is 5.26 Å². The van der Waals surface area contributed by atoms with E-state index in [4.69, 9.17) is 13.1 Å². The van der Waals surface area contributed by atoms with Crippen molar-refractivity contribution in [3.8, 4) is 6.07 Å². The van der Waals surface area contributed by atoms with Crippen molar-refractivity contribution in [2.24, 2.45) is 0 Å². The monoisotopic (exact) mass is 231 g/mol. The number of carbonyl (C=O) groups is 1. The van der Waals surface area contributed by atoms with Gasteiger partial charge in [-0.25, -0.2) is 0 Å². The van der Waals surface area contributed by atoms with E-state index in [1.54, 1.807) is 36.4 Å². The molecule has 0 fully saturated rings. The zero-order chi connectivity index (χ0) is 13.0. The fourth-order valence-corrected chi connectivity index (χ4v) is 1.66. The highest BCUT2D eigenvalue weighted by Gasteiger charge is 2.08. The van der Waals surface area contributed by atoms with Crippen molar-refractivity contribution in [1.29, 1.82) is 5.26 Å². The summed E-state index contributed by atoms with van der Waals surface area (Å²) >= 11 is 0. The highest BCUT2D eigenvalue weighted by molar-refractivity contribution is 6.09. The van der Waals surface area contributed by atoms with Crippen molar-refractivity contribution >= 4 is 13.6 Å². The highest BCUT2D eigenvalue weighted by Crippen LogP contribution is 2.12. The van der Waals surface area contributed by atoms with E-state index in [2.05, 4.69) is 0 Å². The molecule has 2 aromatic carbocycles. The van der Waals surface area contributed by atoms with Gasteiger partial charge in [-0.3, -0.25) is 4.79 Å². The molecule has 84 valence electrons. The summed E-state index contributed by atoms with van der Waals surface area (Å²) in [7, 11) is 5.50. The van der Waals surface area contributed by atoms with Crippen LogP contribution in [0.1, 0.15) is 27.0 Å². The van der Waals surface area contributed by atoms with Crippen LogP contribution in [-0.4, -0.2) is 13.6 Å². The third kappa shape index (κ3) is 2.49. The Morgan fingerprint density at radius 2 is 1.50 bits per heavy atom. The van der Waals surface area contributed by atoms with Gasteiger partial charge in [-0.05, 0) is 24.3 Å². The SMILES string of the molecule is [B]Cc1ccc(C(=O)c2ccc(C#N)cc2)cc1. The molecule has 0 atom stereocenters. The van der Waals surface area contributed by atoms with Gasteiger partial charge in [0.05, 0.1) is 19.5 Å². The second kappa shape index (κ2) is 5.33. The van der Waals surface area contributed by atoms with Gasteiger partial charge in [-0.1, -0.05) is 36.1 Å². The van der Waals surface area contributed by atoms with Crippen LogP contribution in [0.4, 0.5) is 0 Å². The van der Waals surface area contributed by atoms with Crippen molar-refractivity contribution in [2.45, 2.75) is 6.32 Å². The summed E-state index contributed by atoms with van der Waals surface area (Å²) in [5.74, 6) is -0.0527. The summed E-state index contributed by atoms with van der Waals surface area (Å²) in [6.07, 6.45) is 0.464. The molecule has 0 amide bonds. The fourth-order valence-electron chi connectivity index (χ4n) is 1.66. The third-order valence-electron chi connectivity index (χ3n) is 2.73. The lowest BCUT2D eigenvalue weighted by Gasteiger charge is -2.02. The first-order valence-electron chi connectivity index (χ1n) is 5.58. The van der Waals surface area contributed by atoms with Crippen LogP contribution in [0.3, 0.4) is 0 Å². The summed E-state index contributed by atoms with van der Waals surface area (Å²) in [4.78, 5) is 12.1. The van der Waals surface area contributed by atoms with Crippen LogP contribution in [-0.2, 0) is 6.32 Å². The van der Waals surface area contributed by atoms with E-state index in [0.717, 1.165) is 5.56 Å². The molecule has 0 aromatic heterocycles. The second-order valence-corrected chi connectivity index (χ2v) is 3.92. The molecule has 2 rings (SSSR count). The number of nitriles is 1. The van der Waals surface area contributed by atoms with E-state index in [-0.39, 0.29) is 5.78 Å². The standard InChI is InChI=1S/C15H10BNO/c16-9-11-1-5-13(6-2-11)15(18)14-7-3-12(10-17)4-8-14/h1-8H,9H2. The lowest BCUT2D eigenvalue weighted by molar-refractivity contribution is 0.103. The molecule has 2 radical (unpaired) electrons. The number of nitrogens with zero attached hydrogens (tertiary/aromatic N) is 1. The minimum Gasteiger partial charge on any atom is -0.289 e. The van der Waals surface area contributed by atoms with Crippen molar-refractivity contribution < 1.29 is 4.79 Å². The molecule has 0 spiro atoms. The summed E-state index contributed by atoms with van der Waals surface area (Å²) in [5.41, 5.74) is 2.74. The summed E-state index contributed by atoms with van der Waals surface area (Å²) in [6, 6.07) is 15.9. The first-order valence-corrected chi connectivity index (χ1v) is 5.58. The first kappa shape index (κ1) is 12.1. The number of carbonyl (C=O) groups excluding carboxylic acids is 1. The molecule has 0 aliphatic rings. The van der Waals surface area contributed by atoms with Gasteiger partial charge < -0.3 is 0 Å². The van der Waals surface area contributed by atoms with Gasteiger partial charge in [0.1, 0.15) is 0 Å². The van der Waals surface area contributed by atoms with Crippen LogP contribution in [0, 0.1) is 11.3 Å². The van der Waals surface area contributed by atoms with Crippen LogP contribution < -0.4 is 0 Å². The average Bonchev–Trinajstić information content (AvgIpc) is 2.47. The first-order chi connectivity index (χ1) is 8.74. The minimum atomic E-state index is -0.0527. The second-order valence-electron chi connectivity index (χ2n) is 3.92. The smallest absolute Gasteiger partial charge is 0.193 e. The molecule has 2 nitrogen and oxygen atoms in total. The van der Waals surface area contributed by atoms with E-state index in [0.29, 0.717) is 23.0 Å². The fraction of sp³-hybridized carbons (Fsp3) is 0.0667. The molecule has 0 saturated heterocycles. The molecule has 0 aliphatic heterocycles. The highest BCUT2D eigenvalue weighted by atomic mass is 16.1. The molecule has 0 N–H and O–H groups in total. The van der Waals surface area contributed by atoms with Crippen LogP contribution in [0.2, 0.25) is 0 Å². The molecule has 0 aliphatic carbocycles. The van der Waals surface area contributed by atoms with Crippen molar-refractivity contribution in [3.63, 3.8) is 0 Å². The average molecular weight is 231 g/mol. The maximum absolute atomic E-state index is 12.1. The Bertz CT molecular complexity index is 594. The molecule has 0 bridgehead atoms. The van der Waals surface area contributed by atoms with Gasteiger partial charge in [0.25, 0.3) is 0 Å². The molecule has 18 heavy (non-hydrogen) atoms. The lowest BCUT2D eigenvalue weighted by Crippen LogP contribution is -2.01.